The van der Waals surface area contributed by atoms with Crippen LogP contribution in [-0.2, 0) is 4.79 Å². The van der Waals surface area contributed by atoms with Crippen molar-refractivity contribution in [2.75, 3.05) is 6.61 Å². The van der Waals surface area contributed by atoms with Crippen LogP contribution in [0.3, 0.4) is 0 Å². The Bertz CT molecular complexity index is 777. The molecule has 0 saturated heterocycles. The normalized spacial score (nSPS) is 11.1. The summed E-state index contributed by atoms with van der Waals surface area (Å²) in [5.41, 5.74) is 4.09. The Morgan fingerprint density at radius 2 is 2.04 bits per heavy atom. The van der Waals surface area contributed by atoms with Gasteiger partial charge in [0.25, 0.3) is 5.91 Å². The third-order valence-corrected chi connectivity index (χ3v) is 4.65. The van der Waals surface area contributed by atoms with E-state index >= 15 is 0 Å². The summed E-state index contributed by atoms with van der Waals surface area (Å²) in [4.78, 5) is 11.8. The molecular weight excluding hydrogens is 499 g/mol. The highest BCUT2D eigenvalue weighted by Gasteiger charge is 2.06. The molecule has 0 radical (unpaired) electrons. The van der Waals surface area contributed by atoms with E-state index in [0.29, 0.717) is 20.8 Å². The summed E-state index contributed by atoms with van der Waals surface area (Å²) < 4.78 is 6.93. The van der Waals surface area contributed by atoms with Crippen molar-refractivity contribution in [3.8, 4) is 11.5 Å². The predicted octanol–water partition coefficient (Wildman–Crippen LogP) is 4.41. The van der Waals surface area contributed by atoms with Gasteiger partial charge in [0, 0.05) is 10.0 Å². The lowest BCUT2D eigenvalue weighted by Crippen LogP contribution is -2.24. The number of carbonyl (C=O) groups excluding carboxylic acids is 1. The Morgan fingerprint density at radius 3 is 2.68 bits per heavy atom. The predicted molar refractivity (Wildman–Crippen MR) is 110 cm³/mol. The minimum absolute atomic E-state index is 0.114. The van der Waals surface area contributed by atoms with Crippen LogP contribution in [-0.4, -0.2) is 23.8 Å². The number of aromatic hydroxyl groups is 1. The van der Waals surface area contributed by atoms with Gasteiger partial charge in [0.15, 0.2) is 6.61 Å². The third kappa shape index (κ3) is 6.00. The van der Waals surface area contributed by atoms with E-state index in [2.05, 4.69) is 40.3 Å². The van der Waals surface area contributed by atoms with Crippen LogP contribution in [0.25, 0.3) is 0 Å². The largest absolute Gasteiger partial charge is 0.506 e. The number of hydrazone groups is 1. The van der Waals surface area contributed by atoms with Crippen molar-refractivity contribution in [3.05, 3.63) is 55.6 Å². The summed E-state index contributed by atoms with van der Waals surface area (Å²) in [5.74, 6) is 0.809. The summed E-state index contributed by atoms with van der Waals surface area (Å²) in [5, 5.41) is 13.8. The van der Waals surface area contributed by atoms with Crippen molar-refractivity contribution >= 4 is 50.6 Å². The average molecular weight is 517 g/mol. The van der Waals surface area contributed by atoms with Gasteiger partial charge in [0.1, 0.15) is 11.5 Å². The number of carbonyl (C=O) groups is 1. The number of hydrogen-bond donors (Lipinski definition) is 2. The molecule has 0 aliphatic heterocycles. The fourth-order valence-corrected chi connectivity index (χ4v) is 3.54. The highest BCUT2D eigenvalue weighted by Crippen LogP contribution is 2.27. The Hall–Kier alpha value is -1.61. The molecule has 25 heavy (non-hydrogen) atoms. The lowest BCUT2D eigenvalue weighted by molar-refractivity contribution is -0.123. The summed E-state index contributed by atoms with van der Waals surface area (Å²) in [6, 6.07) is 11.1. The molecule has 2 N–H and O–H groups in total. The molecule has 1 amide bonds. The number of phenols is 1. The van der Waals surface area contributed by atoms with Crippen LogP contribution in [0.2, 0.25) is 0 Å². The van der Waals surface area contributed by atoms with Crippen molar-refractivity contribution in [1.29, 1.82) is 0 Å². The van der Waals surface area contributed by atoms with Crippen molar-refractivity contribution in [2.45, 2.75) is 19.8 Å². The second-order valence-electron chi connectivity index (χ2n) is 5.63. The van der Waals surface area contributed by atoms with Gasteiger partial charge in [-0.3, -0.25) is 4.79 Å². The number of ether oxygens (including phenoxy) is 1. The lowest BCUT2D eigenvalue weighted by atomic mass is 10.0. The third-order valence-electron chi connectivity index (χ3n) is 3.37. The zero-order valence-corrected chi connectivity index (χ0v) is 17.5. The lowest BCUT2D eigenvalue weighted by Gasteiger charge is -2.08. The molecule has 7 heteroatoms. The molecule has 0 heterocycles. The number of nitrogens with one attached hydrogen (secondary N) is 1. The number of halogens is 2. The molecule has 0 aromatic heterocycles. The first-order valence-corrected chi connectivity index (χ1v) is 9.46. The Labute approximate surface area is 168 Å². The number of nitrogens with zero attached hydrogens (tertiary/aromatic N) is 1. The van der Waals surface area contributed by atoms with Crippen LogP contribution >= 0.6 is 38.5 Å². The van der Waals surface area contributed by atoms with Crippen LogP contribution in [0.5, 0.6) is 11.5 Å². The number of rotatable bonds is 6. The van der Waals surface area contributed by atoms with E-state index in [9.17, 15) is 9.90 Å². The van der Waals surface area contributed by atoms with Gasteiger partial charge in [-0.15, -0.1) is 0 Å². The maximum atomic E-state index is 11.8. The van der Waals surface area contributed by atoms with Gasteiger partial charge in [-0.2, -0.15) is 5.10 Å². The Kier molecular flexibility index (Phi) is 7.24. The molecule has 0 aliphatic carbocycles. The summed E-state index contributed by atoms with van der Waals surface area (Å²) in [6.07, 6.45) is 1.39. The van der Waals surface area contributed by atoms with E-state index in [1.165, 1.54) is 11.8 Å². The molecule has 0 bridgehead atoms. The Morgan fingerprint density at radius 1 is 1.36 bits per heavy atom. The van der Waals surface area contributed by atoms with E-state index in [4.69, 9.17) is 4.74 Å². The first kappa shape index (κ1) is 19.7. The van der Waals surface area contributed by atoms with Crippen molar-refractivity contribution in [1.82, 2.24) is 5.43 Å². The zero-order chi connectivity index (χ0) is 18.4. The topological polar surface area (TPSA) is 70.9 Å². The first-order valence-electron chi connectivity index (χ1n) is 7.59. The minimum Gasteiger partial charge on any atom is -0.506 e. The van der Waals surface area contributed by atoms with Crippen LogP contribution in [0, 0.1) is 3.57 Å². The average Bonchev–Trinajstić information content (AvgIpc) is 2.57. The van der Waals surface area contributed by atoms with Gasteiger partial charge in [-0.1, -0.05) is 41.9 Å². The van der Waals surface area contributed by atoms with E-state index in [1.54, 1.807) is 12.1 Å². The zero-order valence-electron chi connectivity index (χ0n) is 13.8. The first-order chi connectivity index (χ1) is 11.9. The van der Waals surface area contributed by atoms with Gasteiger partial charge in [-0.05, 0) is 58.3 Å². The summed E-state index contributed by atoms with van der Waals surface area (Å²) in [6.45, 7) is 4.09. The highest BCUT2D eigenvalue weighted by molar-refractivity contribution is 14.1. The molecule has 2 aromatic carbocycles. The molecule has 2 rings (SSSR count). The standard InChI is InChI=1S/C18H18BrIN2O3/c1-11(2)12-3-5-15(6-4-12)25-10-17(23)22-21-9-13-7-14(19)8-16(20)18(13)24/h3-9,11,24H,10H2,1-2H3,(H,22,23)/b21-9+. The number of amides is 1. The van der Waals surface area contributed by atoms with Gasteiger partial charge < -0.3 is 9.84 Å². The van der Waals surface area contributed by atoms with Crippen molar-refractivity contribution in [2.24, 2.45) is 5.10 Å². The number of benzene rings is 2. The molecule has 2 aromatic rings. The molecule has 0 atom stereocenters. The van der Waals surface area contributed by atoms with Crippen LogP contribution < -0.4 is 10.2 Å². The number of hydrogen-bond acceptors (Lipinski definition) is 4. The molecule has 0 unspecified atom stereocenters. The SMILES string of the molecule is CC(C)c1ccc(OCC(=O)N/N=C/c2cc(Br)cc(I)c2O)cc1. The molecule has 5 nitrogen and oxygen atoms in total. The van der Waals surface area contributed by atoms with E-state index < -0.39 is 0 Å². The second-order valence-corrected chi connectivity index (χ2v) is 7.71. The van der Waals surface area contributed by atoms with Gasteiger partial charge >= 0.3 is 0 Å². The van der Waals surface area contributed by atoms with Crippen LogP contribution in [0.4, 0.5) is 0 Å². The van der Waals surface area contributed by atoms with E-state index in [-0.39, 0.29) is 18.3 Å². The van der Waals surface area contributed by atoms with E-state index in [1.807, 2.05) is 46.9 Å². The molecule has 0 aliphatic rings. The van der Waals surface area contributed by atoms with Crippen LogP contribution in [0.1, 0.15) is 30.9 Å². The molecule has 132 valence electrons. The maximum absolute atomic E-state index is 11.8. The second kappa shape index (κ2) is 9.19. The van der Waals surface area contributed by atoms with Gasteiger partial charge in [-0.25, -0.2) is 5.43 Å². The molecule has 0 saturated carbocycles. The minimum atomic E-state index is -0.381. The van der Waals surface area contributed by atoms with Gasteiger partial charge in [0.05, 0.1) is 9.78 Å². The fourth-order valence-electron chi connectivity index (χ4n) is 1.99. The van der Waals surface area contributed by atoms with Crippen molar-refractivity contribution in [3.63, 3.8) is 0 Å². The monoisotopic (exact) mass is 516 g/mol. The fraction of sp³-hybridized carbons (Fsp3) is 0.222. The molecule has 0 fully saturated rings. The summed E-state index contributed by atoms with van der Waals surface area (Å²) in [7, 11) is 0. The van der Waals surface area contributed by atoms with Gasteiger partial charge in [0.2, 0.25) is 0 Å². The summed E-state index contributed by atoms with van der Waals surface area (Å²) >= 11 is 5.37. The quantitative estimate of drug-likeness (QED) is 0.339. The van der Waals surface area contributed by atoms with Crippen molar-refractivity contribution < 1.29 is 14.6 Å². The molecular formula is C18H18BrIN2O3. The van der Waals surface area contributed by atoms with E-state index in [0.717, 1.165) is 4.47 Å². The smallest absolute Gasteiger partial charge is 0.277 e. The van der Waals surface area contributed by atoms with Crippen LogP contribution in [0.15, 0.2) is 46.0 Å². The maximum Gasteiger partial charge on any atom is 0.277 e. The highest BCUT2D eigenvalue weighted by atomic mass is 127. The Balaban J connectivity index is 1.86. The molecule has 0 spiro atoms. The number of phenolic OH excluding ortho intramolecular Hbond substituents is 1.